The predicted molar refractivity (Wildman–Crippen MR) is 97.4 cm³/mol. The van der Waals surface area contributed by atoms with Gasteiger partial charge in [-0.15, -0.1) is 0 Å². The molecule has 0 spiro atoms. The maximum atomic E-state index is 11.8. The summed E-state index contributed by atoms with van der Waals surface area (Å²) >= 11 is 9.76. The Bertz CT molecular complexity index is 631. The number of ether oxygens (including phenoxy) is 2. The predicted octanol–water partition coefficient (Wildman–Crippen LogP) is 4.13. The van der Waals surface area contributed by atoms with E-state index in [1.165, 1.54) is 11.8 Å². The molecule has 7 heteroatoms. The van der Waals surface area contributed by atoms with Crippen LogP contribution in [0.2, 0.25) is 0 Å². The van der Waals surface area contributed by atoms with Crippen LogP contribution in [0.5, 0.6) is 11.5 Å². The van der Waals surface area contributed by atoms with Gasteiger partial charge in [0.05, 0.1) is 18.1 Å². The Labute approximate surface area is 147 Å². The number of thiocarbonyl (C=S) groups is 1. The van der Waals surface area contributed by atoms with E-state index in [2.05, 4.69) is 21.2 Å². The smallest absolute Gasteiger partial charge is 0.263 e. The average Bonchev–Trinajstić information content (AvgIpc) is 2.79. The Balaban J connectivity index is 2.36. The van der Waals surface area contributed by atoms with Crippen LogP contribution in [0.25, 0.3) is 6.08 Å². The lowest BCUT2D eigenvalue weighted by molar-refractivity contribution is -0.115. The maximum absolute atomic E-state index is 11.8. The molecule has 0 radical (unpaired) electrons. The number of thioether (sulfide) groups is 1. The molecule has 0 aliphatic carbocycles. The number of rotatable bonds is 6. The molecule has 1 aliphatic rings. The molecule has 0 aromatic heterocycles. The van der Waals surface area contributed by atoms with E-state index in [1.54, 1.807) is 6.08 Å². The molecule has 1 fully saturated rings. The molecule has 1 amide bonds. The molecule has 0 unspecified atom stereocenters. The summed E-state index contributed by atoms with van der Waals surface area (Å²) < 4.78 is 12.6. The van der Waals surface area contributed by atoms with E-state index in [4.69, 9.17) is 21.7 Å². The second-order valence-electron chi connectivity index (χ2n) is 4.45. The molecule has 22 heavy (non-hydrogen) atoms. The Kier molecular flexibility index (Phi) is 6.28. The third-order valence-corrected chi connectivity index (χ3v) is 4.60. The maximum Gasteiger partial charge on any atom is 0.263 e. The van der Waals surface area contributed by atoms with Gasteiger partial charge in [0, 0.05) is 4.47 Å². The van der Waals surface area contributed by atoms with Gasteiger partial charge in [0.15, 0.2) is 11.5 Å². The molecule has 118 valence electrons. The van der Waals surface area contributed by atoms with E-state index in [0.29, 0.717) is 33.9 Å². The standard InChI is InChI=1S/C15H16BrNO3S2/c1-3-5-20-12-8-10(16)9(6-11(12)19-4-2)7-13-14(18)17-15(21)22-13/h6-8H,3-5H2,1-2H3,(H,17,18,21). The summed E-state index contributed by atoms with van der Waals surface area (Å²) in [5.41, 5.74) is 0.842. The van der Waals surface area contributed by atoms with Crippen molar-refractivity contribution in [3.05, 3.63) is 27.1 Å². The number of halogens is 1. The minimum Gasteiger partial charge on any atom is -0.490 e. The van der Waals surface area contributed by atoms with Crippen molar-refractivity contribution in [2.75, 3.05) is 13.2 Å². The number of carbonyl (C=O) groups is 1. The third-order valence-electron chi connectivity index (χ3n) is 2.75. The number of hydrogen-bond donors (Lipinski definition) is 1. The highest BCUT2D eigenvalue weighted by Crippen LogP contribution is 2.36. The molecule has 1 N–H and O–H groups in total. The first kappa shape index (κ1) is 17.3. The van der Waals surface area contributed by atoms with Gasteiger partial charge in [-0.1, -0.05) is 46.8 Å². The van der Waals surface area contributed by atoms with E-state index < -0.39 is 0 Å². The van der Waals surface area contributed by atoms with Crippen LogP contribution in [0.1, 0.15) is 25.8 Å². The Morgan fingerprint density at radius 1 is 1.32 bits per heavy atom. The average molecular weight is 402 g/mol. The molecule has 1 aromatic carbocycles. The zero-order valence-corrected chi connectivity index (χ0v) is 15.5. The van der Waals surface area contributed by atoms with Crippen LogP contribution in [0.3, 0.4) is 0 Å². The largest absolute Gasteiger partial charge is 0.490 e. The molecular weight excluding hydrogens is 386 g/mol. The summed E-state index contributed by atoms with van der Waals surface area (Å²) in [5.74, 6) is 1.18. The van der Waals surface area contributed by atoms with Crippen LogP contribution in [0, 0.1) is 0 Å². The second-order valence-corrected chi connectivity index (χ2v) is 7.03. The molecule has 2 rings (SSSR count). The fourth-order valence-corrected chi connectivity index (χ4v) is 3.29. The van der Waals surface area contributed by atoms with Crippen LogP contribution < -0.4 is 14.8 Å². The lowest BCUT2D eigenvalue weighted by Crippen LogP contribution is -2.17. The van der Waals surface area contributed by atoms with Crippen LogP contribution >= 0.6 is 39.9 Å². The monoisotopic (exact) mass is 401 g/mol. The second kappa shape index (κ2) is 7.99. The molecule has 4 nitrogen and oxygen atoms in total. The molecule has 0 bridgehead atoms. The molecule has 1 aliphatic heterocycles. The Morgan fingerprint density at radius 2 is 2.05 bits per heavy atom. The number of nitrogens with one attached hydrogen (secondary N) is 1. The van der Waals surface area contributed by atoms with Crippen molar-refractivity contribution in [3.63, 3.8) is 0 Å². The lowest BCUT2D eigenvalue weighted by atomic mass is 10.2. The van der Waals surface area contributed by atoms with Crippen molar-refractivity contribution in [2.45, 2.75) is 20.3 Å². The Morgan fingerprint density at radius 3 is 2.64 bits per heavy atom. The molecule has 1 saturated heterocycles. The van der Waals surface area contributed by atoms with E-state index in [-0.39, 0.29) is 5.91 Å². The summed E-state index contributed by atoms with van der Waals surface area (Å²) in [6.07, 6.45) is 2.71. The molecular formula is C15H16BrNO3S2. The number of amides is 1. The highest BCUT2D eigenvalue weighted by atomic mass is 79.9. The molecule has 0 saturated carbocycles. The zero-order valence-electron chi connectivity index (χ0n) is 12.3. The van der Waals surface area contributed by atoms with Gasteiger partial charge in [0.2, 0.25) is 0 Å². The van der Waals surface area contributed by atoms with Gasteiger partial charge in [0.1, 0.15) is 4.32 Å². The fourth-order valence-electron chi connectivity index (χ4n) is 1.82. The van der Waals surface area contributed by atoms with E-state index in [9.17, 15) is 4.79 Å². The summed E-state index contributed by atoms with van der Waals surface area (Å²) in [7, 11) is 0. The van der Waals surface area contributed by atoms with Crippen LogP contribution in [-0.2, 0) is 4.79 Å². The van der Waals surface area contributed by atoms with Gasteiger partial charge in [-0.2, -0.15) is 0 Å². The lowest BCUT2D eigenvalue weighted by Gasteiger charge is -2.13. The molecule has 0 atom stereocenters. The number of hydrogen-bond acceptors (Lipinski definition) is 5. The SMILES string of the molecule is CCCOc1cc(Br)c(C=C2SC(=S)NC2=O)cc1OCC. The summed E-state index contributed by atoms with van der Waals surface area (Å²) in [6, 6.07) is 3.73. The van der Waals surface area contributed by atoms with Crippen LogP contribution in [-0.4, -0.2) is 23.4 Å². The van der Waals surface area contributed by atoms with E-state index >= 15 is 0 Å². The highest BCUT2D eigenvalue weighted by Gasteiger charge is 2.22. The van der Waals surface area contributed by atoms with Crippen molar-refractivity contribution in [1.29, 1.82) is 0 Å². The van der Waals surface area contributed by atoms with Gasteiger partial charge in [-0.25, -0.2) is 0 Å². The van der Waals surface area contributed by atoms with Crippen LogP contribution in [0.4, 0.5) is 0 Å². The number of benzene rings is 1. The molecule has 1 heterocycles. The van der Waals surface area contributed by atoms with E-state index in [0.717, 1.165) is 16.5 Å². The van der Waals surface area contributed by atoms with Gasteiger partial charge in [-0.05, 0) is 37.1 Å². The Hall–Kier alpha value is -1.05. The topological polar surface area (TPSA) is 47.6 Å². The minimum absolute atomic E-state index is 0.175. The van der Waals surface area contributed by atoms with Gasteiger partial charge in [0.25, 0.3) is 5.91 Å². The highest BCUT2D eigenvalue weighted by molar-refractivity contribution is 9.10. The van der Waals surface area contributed by atoms with Crippen LogP contribution in [0.15, 0.2) is 21.5 Å². The molecule has 1 aromatic rings. The summed E-state index contributed by atoms with van der Waals surface area (Å²) in [4.78, 5) is 12.3. The first-order valence-corrected chi connectivity index (χ1v) is 8.91. The van der Waals surface area contributed by atoms with Crippen molar-refractivity contribution < 1.29 is 14.3 Å². The van der Waals surface area contributed by atoms with Crippen molar-refractivity contribution in [1.82, 2.24) is 5.32 Å². The van der Waals surface area contributed by atoms with Crippen molar-refractivity contribution in [2.24, 2.45) is 0 Å². The minimum atomic E-state index is -0.175. The number of carbonyl (C=O) groups excluding carboxylic acids is 1. The van der Waals surface area contributed by atoms with Crippen molar-refractivity contribution in [3.8, 4) is 11.5 Å². The summed E-state index contributed by atoms with van der Waals surface area (Å²) in [6.45, 7) is 5.13. The first-order valence-electron chi connectivity index (χ1n) is 6.89. The summed E-state index contributed by atoms with van der Waals surface area (Å²) in [5, 5.41) is 2.60. The zero-order chi connectivity index (χ0) is 16.1. The fraction of sp³-hybridized carbons (Fsp3) is 0.333. The van der Waals surface area contributed by atoms with Crippen molar-refractivity contribution >= 4 is 56.2 Å². The van der Waals surface area contributed by atoms with E-state index in [1.807, 2.05) is 26.0 Å². The third kappa shape index (κ3) is 4.24. The normalized spacial score (nSPS) is 16.0. The van der Waals surface area contributed by atoms with Gasteiger partial charge < -0.3 is 14.8 Å². The van der Waals surface area contributed by atoms with Gasteiger partial charge >= 0.3 is 0 Å². The quantitative estimate of drug-likeness (QED) is 0.573. The first-order chi connectivity index (χ1) is 10.5. The van der Waals surface area contributed by atoms with Gasteiger partial charge in [-0.3, -0.25) is 4.79 Å².